The average molecular weight is 312 g/mol. The van der Waals surface area contributed by atoms with Crippen molar-refractivity contribution in [1.82, 2.24) is 4.31 Å². The molecule has 1 saturated heterocycles. The number of nitrogens with one attached hydrogen (secondary N) is 1. The summed E-state index contributed by atoms with van der Waals surface area (Å²) in [4.78, 5) is 0.444. The number of nitrogens with zero attached hydrogens (tertiary/aromatic N) is 1. The molecule has 1 N–H and O–H groups in total. The molecule has 0 spiro atoms. The topological polar surface area (TPSA) is 58.6 Å². The first kappa shape index (κ1) is 16.3. The van der Waals surface area contributed by atoms with Gasteiger partial charge in [0.1, 0.15) is 0 Å². The van der Waals surface area contributed by atoms with E-state index in [9.17, 15) is 8.42 Å². The van der Waals surface area contributed by atoms with Gasteiger partial charge >= 0.3 is 0 Å². The molecule has 1 unspecified atom stereocenters. The molecule has 0 bridgehead atoms. The molecule has 0 aromatic heterocycles. The molecule has 1 atom stereocenters. The summed E-state index contributed by atoms with van der Waals surface area (Å²) in [7, 11) is 0.0600. The maximum Gasteiger partial charge on any atom is 0.243 e. The van der Waals surface area contributed by atoms with Crippen molar-refractivity contribution in [2.75, 3.05) is 39.2 Å². The van der Waals surface area contributed by atoms with Crippen LogP contribution in [0.15, 0.2) is 17.0 Å². The molecule has 0 radical (unpaired) electrons. The van der Waals surface area contributed by atoms with Crippen LogP contribution in [-0.2, 0) is 14.8 Å². The number of methoxy groups -OCH3 is 1. The van der Waals surface area contributed by atoms with E-state index in [1.165, 1.54) is 0 Å². The Balaban J connectivity index is 2.33. The molecule has 1 aliphatic heterocycles. The normalized spacial score (nSPS) is 19.9. The van der Waals surface area contributed by atoms with E-state index in [0.29, 0.717) is 30.5 Å². The number of sulfonamides is 1. The number of benzene rings is 1. The minimum atomic E-state index is -3.43. The number of anilines is 1. The molecule has 118 valence electrons. The lowest BCUT2D eigenvalue weighted by Crippen LogP contribution is -2.30. The lowest BCUT2D eigenvalue weighted by atomic mass is 10.1. The van der Waals surface area contributed by atoms with E-state index in [4.69, 9.17) is 4.74 Å². The van der Waals surface area contributed by atoms with Gasteiger partial charge < -0.3 is 10.1 Å². The highest BCUT2D eigenvalue weighted by Crippen LogP contribution is 2.30. The summed E-state index contributed by atoms with van der Waals surface area (Å²) in [5.74, 6) is 0.293. The molecular weight excluding hydrogens is 288 g/mol. The molecule has 1 aromatic rings. The minimum Gasteiger partial charge on any atom is -0.388 e. The lowest BCUT2D eigenvalue weighted by molar-refractivity contribution is 0.157. The van der Waals surface area contributed by atoms with E-state index in [0.717, 1.165) is 23.2 Å². The van der Waals surface area contributed by atoms with Crippen molar-refractivity contribution in [3.8, 4) is 0 Å². The third kappa shape index (κ3) is 3.22. The zero-order chi connectivity index (χ0) is 15.6. The molecule has 0 saturated carbocycles. The molecule has 1 fully saturated rings. The van der Waals surface area contributed by atoms with Crippen LogP contribution in [0.3, 0.4) is 0 Å². The van der Waals surface area contributed by atoms with Crippen molar-refractivity contribution in [1.29, 1.82) is 0 Å². The summed E-state index contributed by atoms with van der Waals surface area (Å²) >= 11 is 0. The Morgan fingerprint density at radius 2 is 1.95 bits per heavy atom. The van der Waals surface area contributed by atoms with Crippen LogP contribution in [0, 0.1) is 19.8 Å². The quantitative estimate of drug-likeness (QED) is 0.903. The fraction of sp³-hybridized carbons (Fsp3) is 0.600. The molecule has 5 nitrogen and oxygen atoms in total. The van der Waals surface area contributed by atoms with Gasteiger partial charge in [-0.15, -0.1) is 0 Å². The largest absolute Gasteiger partial charge is 0.388 e. The Morgan fingerprint density at radius 1 is 1.33 bits per heavy atom. The van der Waals surface area contributed by atoms with Crippen molar-refractivity contribution >= 4 is 15.7 Å². The third-order valence-corrected chi connectivity index (χ3v) is 6.17. The highest BCUT2D eigenvalue weighted by molar-refractivity contribution is 7.89. The second-order valence-corrected chi connectivity index (χ2v) is 7.54. The highest BCUT2D eigenvalue weighted by Gasteiger charge is 2.34. The van der Waals surface area contributed by atoms with Gasteiger partial charge in [-0.05, 0) is 49.4 Å². The zero-order valence-corrected chi connectivity index (χ0v) is 14.0. The van der Waals surface area contributed by atoms with Crippen molar-refractivity contribution in [3.05, 3.63) is 23.3 Å². The first-order valence-corrected chi connectivity index (χ1v) is 8.62. The van der Waals surface area contributed by atoms with E-state index in [1.807, 2.05) is 33.0 Å². The van der Waals surface area contributed by atoms with Crippen LogP contribution in [0.25, 0.3) is 0 Å². The summed E-state index contributed by atoms with van der Waals surface area (Å²) in [6.45, 7) is 5.43. The van der Waals surface area contributed by atoms with Crippen LogP contribution in [0.4, 0.5) is 5.69 Å². The monoisotopic (exact) mass is 312 g/mol. The molecule has 1 aromatic carbocycles. The van der Waals surface area contributed by atoms with Crippen LogP contribution in [0.1, 0.15) is 17.5 Å². The fourth-order valence-corrected chi connectivity index (χ4v) is 4.96. The van der Waals surface area contributed by atoms with Gasteiger partial charge in [0.15, 0.2) is 0 Å². The van der Waals surface area contributed by atoms with Crippen molar-refractivity contribution in [2.45, 2.75) is 25.2 Å². The maximum atomic E-state index is 12.9. The standard InChI is InChI=1S/C15H24N2O3S/c1-11-7-14(16-3)8-12(2)15(11)21(18,19)17-6-5-13(9-17)10-20-4/h7-8,13,16H,5-6,9-10H2,1-4H3. The van der Waals surface area contributed by atoms with E-state index in [-0.39, 0.29) is 0 Å². The first-order valence-electron chi connectivity index (χ1n) is 7.18. The summed E-state index contributed by atoms with van der Waals surface area (Å²) in [5, 5.41) is 3.06. The second-order valence-electron chi connectivity index (χ2n) is 5.66. The van der Waals surface area contributed by atoms with Gasteiger partial charge in [-0.1, -0.05) is 0 Å². The molecule has 0 amide bonds. The lowest BCUT2D eigenvalue weighted by Gasteiger charge is -2.20. The number of aryl methyl sites for hydroxylation is 2. The third-order valence-electron chi connectivity index (χ3n) is 4.00. The average Bonchev–Trinajstić information content (AvgIpc) is 2.87. The van der Waals surface area contributed by atoms with Gasteiger partial charge in [0.2, 0.25) is 10.0 Å². The van der Waals surface area contributed by atoms with Gasteiger partial charge in [-0.25, -0.2) is 8.42 Å². The molecule has 6 heteroatoms. The van der Waals surface area contributed by atoms with Crippen molar-refractivity contribution < 1.29 is 13.2 Å². The Labute approximate surface area is 127 Å². The van der Waals surface area contributed by atoms with Crippen molar-refractivity contribution in [2.24, 2.45) is 5.92 Å². The zero-order valence-electron chi connectivity index (χ0n) is 13.1. The molecule has 1 aliphatic rings. The summed E-state index contributed by atoms with van der Waals surface area (Å²) in [5.41, 5.74) is 2.51. The van der Waals surface area contributed by atoms with Crippen LogP contribution in [0.5, 0.6) is 0 Å². The molecule has 2 rings (SSSR count). The SMILES string of the molecule is CNc1cc(C)c(S(=O)(=O)N2CCC(COC)C2)c(C)c1. The second kappa shape index (κ2) is 6.34. The van der Waals surface area contributed by atoms with Gasteiger partial charge in [0, 0.05) is 32.9 Å². The molecule has 21 heavy (non-hydrogen) atoms. The van der Waals surface area contributed by atoms with E-state index < -0.39 is 10.0 Å². The molecule has 0 aliphatic carbocycles. The fourth-order valence-electron chi connectivity index (χ4n) is 3.02. The minimum absolute atomic E-state index is 0.293. The Hall–Kier alpha value is -1.11. The van der Waals surface area contributed by atoms with Crippen LogP contribution in [0.2, 0.25) is 0 Å². The Morgan fingerprint density at radius 3 is 2.48 bits per heavy atom. The number of ether oxygens (including phenoxy) is 1. The number of hydrogen-bond acceptors (Lipinski definition) is 4. The molecule has 1 heterocycles. The first-order chi connectivity index (χ1) is 9.90. The van der Waals surface area contributed by atoms with Crippen LogP contribution >= 0.6 is 0 Å². The van der Waals surface area contributed by atoms with Gasteiger partial charge in [0.05, 0.1) is 11.5 Å². The van der Waals surface area contributed by atoms with E-state index in [2.05, 4.69) is 5.32 Å². The number of hydrogen-bond donors (Lipinski definition) is 1. The smallest absolute Gasteiger partial charge is 0.243 e. The summed E-state index contributed by atoms with van der Waals surface area (Å²) in [6.07, 6.45) is 0.861. The number of rotatable bonds is 5. The van der Waals surface area contributed by atoms with Gasteiger partial charge in [-0.3, -0.25) is 0 Å². The van der Waals surface area contributed by atoms with E-state index in [1.54, 1.807) is 11.4 Å². The van der Waals surface area contributed by atoms with E-state index >= 15 is 0 Å². The van der Waals surface area contributed by atoms with Crippen LogP contribution < -0.4 is 5.32 Å². The van der Waals surface area contributed by atoms with Crippen LogP contribution in [-0.4, -0.2) is 46.6 Å². The predicted molar refractivity (Wildman–Crippen MR) is 84.2 cm³/mol. The summed E-state index contributed by atoms with van der Waals surface area (Å²) < 4.78 is 32.5. The summed E-state index contributed by atoms with van der Waals surface area (Å²) in [6, 6.07) is 3.76. The van der Waals surface area contributed by atoms with Gasteiger partial charge in [-0.2, -0.15) is 4.31 Å². The maximum absolute atomic E-state index is 12.9. The van der Waals surface area contributed by atoms with Crippen molar-refractivity contribution in [3.63, 3.8) is 0 Å². The highest BCUT2D eigenvalue weighted by atomic mass is 32.2. The Kier molecular flexibility index (Phi) is 4.91. The molecular formula is C15H24N2O3S. The predicted octanol–water partition coefficient (Wildman–Crippen LogP) is 2.00. The van der Waals surface area contributed by atoms with Gasteiger partial charge in [0.25, 0.3) is 0 Å². The Bertz CT molecular complexity index is 590.